The van der Waals surface area contributed by atoms with E-state index >= 15 is 0 Å². The summed E-state index contributed by atoms with van der Waals surface area (Å²) < 4.78 is 5.14. The maximum atomic E-state index is 11.9. The first-order valence-electron chi connectivity index (χ1n) is 7.62. The van der Waals surface area contributed by atoms with Crippen LogP contribution in [0.3, 0.4) is 0 Å². The fourth-order valence-electron chi connectivity index (χ4n) is 3.84. The summed E-state index contributed by atoms with van der Waals surface area (Å²) in [5, 5.41) is 3.53. The van der Waals surface area contributed by atoms with Gasteiger partial charge in [0.15, 0.2) is 0 Å². The van der Waals surface area contributed by atoms with Crippen molar-refractivity contribution in [3.63, 3.8) is 0 Å². The van der Waals surface area contributed by atoms with Crippen LogP contribution in [0.4, 0.5) is 0 Å². The third kappa shape index (κ3) is 5.13. The molecule has 3 nitrogen and oxygen atoms in total. The summed E-state index contributed by atoms with van der Waals surface area (Å²) in [6, 6.07) is 0.253. The monoisotopic (exact) mass is 269 g/mol. The maximum Gasteiger partial charge on any atom is 0.323 e. The molecule has 1 unspecified atom stereocenters. The van der Waals surface area contributed by atoms with Crippen LogP contribution in [-0.2, 0) is 9.53 Å². The van der Waals surface area contributed by atoms with Crippen molar-refractivity contribution < 1.29 is 9.53 Å². The number of carbonyl (C=O) groups excluding carboxylic acids is 1. The third-order valence-corrected chi connectivity index (χ3v) is 3.97. The number of carbonyl (C=O) groups is 1. The van der Waals surface area contributed by atoms with E-state index < -0.39 is 0 Å². The van der Waals surface area contributed by atoms with Gasteiger partial charge in [-0.05, 0) is 43.4 Å². The number of hydrogen-bond acceptors (Lipinski definition) is 3. The highest BCUT2D eigenvalue weighted by molar-refractivity contribution is 5.75. The standard InChI is InChI=1S/C16H31NO2/c1-7-13(14(18)19-8-2)17-12-9-15(3,4)11-16(5,6)10-12/h12-13,17H,7-11H2,1-6H3. The Labute approximate surface area is 118 Å². The van der Waals surface area contributed by atoms with Gasteiger partial charge in [-0.25, -0.2) is 0 Å². The number of hydrogen-bond donors (Lipinski definition) is 1. The molecule has 112 valence electrons. The summed E-state index contributed by atoms with van der Waals surface area (Å²) in [6.07, 6.45) is 4.29. The van der Waals surface area contributed by atoms with E-state index in [0.717, 1.165) is 19.3 Å². The molecule has 1 fully saturated rings. The zero-order valence-electron chi connectivity index (χ0n) is 13.5. The summed E-state index contributed by atoms with van der Waals surface area (Å²) in [6.45, 7) is 13.7. The normalized spacial score (nSPS) is 23.9. The SMILES string of the molecule is CCOC(=O)C(CC)NC1CC(C)(C)CC(C)(C)C1. The Bertz CT molecular complexity index is 294. The molecule has 1 saturated carbocycles. The van der Waals surface area contributed by atoms with E-state index in [1.165, 1.54) is 6.42 Å². The van der Waals surface area contributed by atoms with Gasteiger partial charge in [-0.1, -0.05) is 34.6 Å². The second-order valence-corrected chi connectivity index (χ2v) is 7.49. The van der Waals surface area contributed by atoms with Crippen LogP contribution >= 0.6 is 0 Å². The Morgan fingerprint density at radius 1 is 1.21 bits per heavy atom. The molecule has 0 aliphatic heterocycles. The van der Waals surface area contributed by atoms with Gasteiger partial charge in [-0.3, -0.25) is 4.79 Å². The molecule has 0 aromatic heterocycles. The molecule has 1 rings (SSSR count). The Balaban J connectivity index is 2.66. The average molecular weight is 269 g/mol. The van der Waals surface area contributed by atoms with E-state index in [1.54, 1.807) is 0 Å². The first-order chi connectivity index (χ1) is 8.69. The van der Waals surface area contributed by atoms with Crippen molar-refractivity contribution >= 4 is 5.97 Å². The molecule has 1 aliphatic carbocycles. The Morgan fingerprint density at radius 2 is 1.74 bits per heavy atom. The minimum absolute atomic E-state index is 0.105. The smallest absolute Gasteiger partial charge is 0.323 e. The topological polar surface area (TPSA) is 38.3 Å². The fourth-order valence-corrected chi connectivity index (χ4v) is 3.84. The van der Waals surface area contributed by atoms with Gasteiger partial charge in [0.05, 0.1) is 6.61 Å². The Hall–Kier alpha value is -0.570. The molecule has 1 aliphatic rings. The Morgan fingerprint density at radius 3 is 2.16 bits per heavy atom. The number of esters is 1. The molecule has 1 N–H and O–H groups in total. The van der Waals surface area contributed by atoms with Crippen LogP contribution in [0.5, 0.6) is 0 Å². The second-order valence-electron chi connectivity index (χ2n) is 7.49. The minimum Gasteiger partial charge on any atom is -0.465 e. The maximum absolute atomic E-state index is 11.9. The predicted molar refractivity (Wildman–Crippen MR) is 79.0 cm³/mol. The molecule has 0 bridgehead atoms. The van der Waals surface area contributed by atoms with Crippen molar-refractivity contribution in [2.24, 2.45) is 10.8 Å². The molecule has 0 radical (unpaired) electrons. The summed E-state index contributed by atoms with van der Waals surface area (Å²) >= 11 is 0. The number of nitrogens with one attached hydrogen (secondary N) is 1. The van der Waals surface area contributed by atoms with Gasteiger partial charge in [0.2, 0.25) is 0 Å². The van der Waals surface area contributed by atoms with E-state index in [4.69, 9.17) is 4.74 Å². The average Bonchev–Trinajstić information content (AvgIpc) is 2.21. The van der Waals surface area contributed by atoms with E-state index in [1.807, 2.05) is 13.8 Å². The summed E-state index contributed by atoms with van der Waals surface area (Å²) in [7, 11) is 0. The molecule has 3 heteroatoms. The van der Waals surface area contributed by atoms with E-state index in [2.05, 4.69) is 33.0 Å². The van der Waals surface area contributed by atoms with Crippen molar-refractivity contribution in [2.45, 2.75) is 79.3 Å². The highest BCUT2D eigenvalue weighted by Crippen LogP contribution is 2.45. The van der Waals surface area contributed by atoms with Crippen LogP contribution in [0.1, 0.15) is 67.2 Å². The van der Waals surface area contributed by atoms with E-state index in [-0.39, 0.29) is 12.0 Å². The third-order valence-electron chi connectivity index (χ3n) is 3.97. The van der Waals surface area contributed by atoms with Gasteiger partial charge in [-0.15, -0.1) is 0 Å². The predicted octanol–water partition coefficient (Wildman–Crippen LogP) is 3.52. The van der Waals surface area contributed by atoms with Gasteiger partial charge in [0.25, 0.3) is 0 Å². The molecular formula is C16H31NO2. The summed E-state index contributed by atoms with van der Waals surface area (Å²) in [5.41, 5.74) is 0.679. The van der Waals surface area contributed by atoms with E-state index in [9.17, 15) is 4.79 Å². The van der Waals surface area contributed by atoms with Crippen molar-refractivity contribution in [1.82, 2.24) is 5.32 Å². The first-order valence-corrected chi connectivity index (χ1v) is 7.62. The Kier molecular flexibility index (Phi) is 5.43. The van der Waals surface area contributed by atoms with Crippen molar-refractivity contribution in [3.05, 3.63) is 0 Å². The molecule has 0 heterocycles. The van der Waals surface area contributed by atoms with Crippen molar-refractivity contribution in [1.29, 1.82) is 0 Å². The van der Waals surface area contributed by atoms with Crippen molar-refractivity contribution in [2.75, 3.05) is 6.61 Å². The zero-order valence-corrected chi connectivity index (χ0v) is 13.5. The number of ether oxygens (including phenoxy) is 1. The highest BCUT2D eigenvalue weighted by atomic mass is 16.5. The molecule has 0 saturated heterocycles. The van der Waals surface area contributed by atoms with E-state index in [0.29, 0.717) is 23.5 Å². The fraction of sp³-hybridized carbons (Fsp3) is 0.938. The van der Waals surface area contributed by atoms with Crippen LogP contribution in [0.15, 0.2) is 0 Å². The molecule has 0 spiro atoms. The van der Waals surface area contributed by atoms with Crippen LogP contribution < -0.4 is 5.32 Å². The molecule has 0 aromatic rings. The molecule has 0 amide bonds. The lowest BCUT2D eigenvalue weighted by Gasteiger charge is -2.46. The van der Waals surface area contributed by atoms with Gasteiger partial charge < -0.3 is 10.1 Å². The highest BCUT2D eigenvalue weighted by Gasteiger charge is 2.39. The lowest BCUT2D eigenvalue weighted by Crippen LogP contribution is -2.50. The molecule has 19 heavy (non-hydrogen) atoms. The van der Waals surface area contributed by atoms with Gasteiger partial charge >= 0.3 is 5.97 Å². The van der Waals surface area contributed by atoms with Crippen LogP contribution in [0, 0.1) is 10.8 Å². The second kappa shape index (κ2) is 6.25. The van der Waals surface area contributed by atoms with Gasteiger partial charge in [0.1, 0.15) is 6.04 Å². The lowest BCUT2D eigenvalue weighted by atomic mass is 9.63. The van der Waals surface area contributed by atoms with Gasteiger partial charge in [-0.2, -0.15) is 0 Å². The summed E-state index contributed by atoms with van der Waals surface area (Å²) in [4.78, 5) is 11.9. The molecule has 1 atom stereocenters. The number of rotatable bonds is 5. The van der Waals surface area contributed by atoms with Gasteiger partial charge in [0, 0.05) is 6.04 Å². The first kappa shape index (κ1) is 16.5. The van der Waals surface area contributed by atoms with Crippen LogP contribution in [0.25, 0.3) is 0 Å². The molecule has 0 aromatic carbocycles. The minimum atomic E-state index is -0.158. The molecular weight excluding hydrogens is 238 g/mol. The van der Waals surface area contributed by atoms with Crippen LogP contribution in [-0.4, -0.2) is 24.7 Å². The van der Waals surface area contributed by atoms with Crippen molar-refractivity contribution in [3.8, 4) is 0 Å². The largest absolute Gasteiger partial charge is 0.465 e. The zero-order chi connectivity index (χ0) is 14.7. The quantitative estimate of drug-likeness (QED) is 0.776. The lowest BCUT2D eigenvalue weighted by molar-refractivity contribution is -0.146. The summed E-state index contributed by atoms with van der Waals surface area (Å²) in [5.74, 6) is -0.105. The van der Waals surface area contributed by atoms with Crippen LogP contribution in [0.2, 0.25) is 0 Å².